The quantitative estimate of drug-likeness (QED) is 0.840. The van der Waals surface area contributed by atoms with E-state index < -0.39 is 0 Å². The Morgan fingerprint density at radius 1 is 1.23 bits per heavy atom. The minimum absolute atomic E-state index is 0.0988. The van der Waals surface area contributed by atoms with E-state index in [1.807, 2.05) is 42.2 Å². The SMILES string of the molecule is CCN1CN(c2nccc(OCc3ccccc3)n2)CC1=O. The van der Waals surface area contributed by atoms with Crippen LogP contribution in [0.2, 0.25) is 0 Å². The first-order valence-electron chi connectivity index (χ1n) is 7.28. The zero-order valence-corrected chi connectivity index (χ0v) is 12.5. The highest BCUT2D eigenvalue weighted by molar-refractivity contribution is 5.84. The van der Waals surface area contributed by atoms with E-state index in [0.717, 1.165) is 5.56 Å². The molecule has 1 aliphatic heterocycles. The standard InChI is InChI=1S/C16H18N4O2/c1-2-19-12-20(10-15(19)21)16-17-9-8-14(18-16)22-11-13-6-4-3-5-7-13/h3-9H,2,10-12H2,1H3. The van der Waals surface area contributed by atoms with Crippen molar-refractivity contribution in [2.24, 2.45) is 0 Å². The third-order valence-electron chi connectivity index (χ3n) is 3.53. The molecule has 6 nitrogen and oxygen atoms in total. The molecular weight excluding hydrogens is 280 g/mol. The molecule has 1 fully saturated rings. The average Bonchev–Trinajstić information content (AvgIpc) is 2.95. The molecule has 1 amide bonds. The summed E-state index contributed by atoms with van der Waals surface area (Å²) in [5.74, 6) is 1.13. The molecule has 0 spiro atoms. The van der Waals surface area contributed by atoms with E-state index in [-0.39, 0.29) is 5.91 Å². The molecular formula is C16H18N4O2. The topological polar surface area (TPSA) is 58.6 Å². The van der Waals surface area contributed by atoms with Gasteiger partial charge in [0.2, 0.25) is 17.7 Å². The number of hydrogen-bond donors (Lipinski definition) is 0. The van der Waals surface area contributed by atoms with Gasteiger partial charge < -0.3 is 14.5 Å². The Balaban J connectivity index is 1.67. The summed E-state index contributed by atoms with van der Waals surface area (Å²) in [7, 11) is 0. The Kier molecular flexibility index (Phi) is 4.18. The number of amides is 1. The molecule has 1 aromatic carbocycles. The Labute approximate surface area is 129 Å². The molecule has 3 rings (SSSR count). The van der Waals surface area contributed by atoms with Crippen molar-refractivity contribution in [1.29, 1.82) is 0 Å². The van der Waals surface area contributed by atoms with E-state index in [9.17, 15) is 4.79 Å². The number of likely N-dealkylation sites (N-methyl/N-ethyl adjacent to an activating group) is 1. The molecule has 1 saturated heterocycles. The first-order valence-corrected chi connectivity index (χ1v) is 7.28. The maximum Gasteiger partial charge on any atom is 0.243 e. The Morgan fingerprint density at radius 2 is 2.05 bits per heavy atom. The Bertz CT molecular complexity index is 648. The molecule has 114 valence electrons. The summed E-state index contributed by atoms with van der Waals surface area (Å²) in [6.07, 6.45) is 1.65. The molecule has 1 aliphatic rings. The fourth-order valence-corrected chi connectivity index (χ4v) is 2.31. The highest BCUT2D eigenvalue weighted by atomic mass is 16.5. The second-order valence-electron chi connectivity index (χ2n) is 5.06. The Hall–Kier alpha value is -2.63. The molecule has 22 heavy (non-hydrogen) atoms. The summed E-state index contributed by atoms with van der Waals surface area (Å²) in [4.78, 5) is 24.0. The first kappa shape index (κ1) is 14.3. The van der Waals surface area contributed by atoms with Crippen LogP contribution in [0.25, 0.3) is 0 Å². The van der Waals surface area contributed by atoms with Crippen LogP contribution in [0, 0.1) is 0 Å². The van der Waals surface area contributed by atoms with Crippen LogP contribution in [0.1, 0.15) is 12.5 Å². The number of rotatable bonds is 5. The van der Waals surface area contributed by atoms with Gasteiger partial charge in [-0.2, -0.15) is 4.98 Å². The zero-order chi connectivity index (χ0) is 15.4. The second kappa shape index (κ2) is 6.43. The largest absolute Gasteiger partial charge is 0.473 e. The molecule has 0 N–H and O–H groups in total. The predicted molar refractivity (Wildman–Crippen MR) is 82.4 cm³/mol. The van der Waals surface area contributed by atoms with Crippen LogP contribution in [0.15, 0.2) is 42.6 Å². The lowest BCUT2D eigenvalue weighted by atomic mass is 10.2. The number of hydrogen-bond acceptors (Lipinski definition) is 5. The number of aromatic nitrogens is 2. The van der Waals surface area contributed by atoms with Gasteiger partial charge in [0.1, 0.15) is 13.2 Å². The van der Waals surface area contributed by atoms with Crippen molar-refractivity contribution >= 4 is 11.9 Å². The number of carbonyl (C=O) groups is 1. The van der Waals surface area contributed by atoms with E-state index in [4.69, 9.17) is 4.74 Å². The molecule has 6 heteroatoms. The van der Waals surface area contributed by atoms with Crippen LogP contribution in [0.4, 0.5) is 5.95 Å². The monoisotopic (exact) mass is 298 g/mol. The van der Waals surface area contributed by atoms with Gasteiger partial charge in [-0.05, 0) is 12.5 Å². The number of anilines is 1. The van der Waals surface area contributed by atoms with Gasteiger partial charge in [-0.25, -0.2) is 4.98 Å². The highest BCUT2D eigenvalue weighted by Gasteiger charge is 2.27. The molecule has 0 bridgehead atoms. The summed E-state index contributed by atoms with van der Waals surface area (Å²) in [6, 6.07) is 11.6. The summed E-state index contributed by atoms with van der Waals surface area (Å²) < 4.78 is 5.70. The lowest BCUT2D eigenvalue weighted by Gasteiger charge is -2.16. The van der Waals surface area contributed by atoms with Gasteiger partial charge in [0.25, 0.3) is 0 Å². The van der Waals surface area contributed by atoms with Crippen molar-refractivity contribution in [3.05, 3.63) is 48.2 Å². The van der Waals surface area contributed by atoms with Gasteiger partial charge in [0.15, 0.2) is 0 Å². The van der Waals surface area contributed by atoms with Crippen molar-refractivity contribution in [1.82, 2.24) is 14.9 Å². The smallest absolute Gasteiger partial charge is 0.243 e. The van der Waals surface area contributed by atoms with Gasteiger partial charge >= 0.3 is 0 Å². The van der Waals surface area contributed by atoms with Crippen LogP contribution in [-0.2, 0) is 11.4 Å². The lowest BCUT2D eigenvalue weighted by molar-refractivity contribution is -0.126. The van der Waals surface area contributed by atoms with Gasteiger partial charge in [-0.1, -0.05) is 30.3 Å². The molecule has 0 radical (unpaired) electrons. The van der Waals surface area contributed by atoms with Gasteiger partial charge in [0, 0.05) is 18.8 Å². The van der Waals surface area contributed by atoms with Crippen LogP contribution in [0.5, 0.6) is 5.88 Å². The van der Waals surface area contributed by atoms with Crippen molar-refractivity contribution in [2.75, 3.05) is 24.7 Å². The van der Waals surface area contributed by atoms with E-state index in [1.54, 1.807) is 17.2 Å². The van der Waals surface area contributed by atoms with Crippen molar-refractivity contribution < 1.29 is 9.53 Å². The van der Waals surface area contributed by atoms with E-state index in [0.29, 0.717) is 38.2 Å². The predicted octanol–water partition coefficient (Wildman–Crippen LogP) is 1.68. The summed E-state index contributed by atoms with van der Waals surface area (Å²) in [6.45, 7) is 3.95. The highest BCUT2D eigenvalue weighted by Crippen LogP contribution is 2.17. The van der Waals surface area contributed by atoms with Crippen LogP contribution >= 0.6 is 0 Å². The zero-order valence-electron chi connectivity index (χ0n) is 12.5. The minimum Gasteiger partial charge on any atom is -0.473 e. The molecule has 0 unspecified atom stereocenters. The number of nitrogens with zero attached hydrogens (tertiary/aromatic N) is 4. The third-order valence-corrected chi connectivity index (χ3v) is 3.53. The summed E-state index contributed by atoms with van der Waals surface area (Å²) in [5, 5.41) is 0. The van der Waals surface area contributed by atoms with Crippen LogP contribution < -0.4 is 9.64 Å². The van der Waals surface area contributed by atoms with Gasteiger partial charge in [-0.15, -0.1) is 0 Å². The maximum absolute atomic E-state index is 11.8. The second-order valence-corrected chi connectivity index (χ2v) is 5.06. The van der Waals surface area contributed by atoms with Crippen molar-refractivity contribution in [2.45, 2.75) is 13.5 Å². The third kappa shape index (κ3) is 3.16. The van der Waals surface area contributed by atoms with Crippen LogP contribution in [-0.4, -0.2) is 40.5 Å². The summed E-state index contributed by atoms with van der Waals surface area (Å²) in [5.41, 5.74) is 1.08. The van der Waals surface area contributed by atoms with E-state index >= 15 is 0 Å². The van der Waals surface area contributed by atoms with Crippen molar-refractivity contribution in [3.63, 3.8) is 0 Å². The number of ether oxygens (including phenoxy) is 1. The maximum atomic E-state index is 11.8. The van der Waals surface area contributed by atoms with Gasteiger partial charge in [-0.3, -0.25) is 4.79 Å². The fraction of sp³-hybridized carbons (Fsp3) is 0.312. The molecule has 0 aliphatic carbocycles. The van der Waals surface area contributed by atoms with Gasteiger partial charge in [0.05, 0.1) is 6.67 Å². The molecule has 0 atom stereocenters. The molecule has 2 heterocycles. The van der Waals surface area contributed by atoms with Crippen molar-refractivity contribution in [3.8, 4) is 5.88 Å². The molecule has 2 aromatic rings. The normalized spacial score (nSPS) is 14.5. The number of carbonyl (C=O) groups excluding carboxylic acids is 1. The minimum atomic E-state index is 0.0988. The van der Waals surface area contributed by atoms with E-state index in [1.165, 1.54) is 0 Å². The fourth-order valence-electron chi connectivity index (χ4n) is 2.31. The van der Waals surface area contributed by atoms with E-state index in [2.05, 4.69) is 9.97 Å². The molecule has 1 aromatic heterocycles. The molecule has 0 saturated carbocycles. The number of benzene rings is 1. The summed E-state index contributed by atoms with van der Waals surface area (Å²) >= 11 is 0. The Morgan fingerprint density at radius 3 is 2.77 bits per heavy atom. The first-order chi connectivity index (χ1) is 10.8. The van der Waals surface area contributed by atoms with Crippen LogP contribution in [0.3, 0.4) is 0 Å². The average molecular weight is 298 g/mol. The lowest BCUT2D eigenvalue weighted by Crippen LogP contribution is -2.27.